The third-order valence-corrected chi connectivity index (χ3v) is 5.69. The third-order valence-electron chi connectivity index (χ3n) is 5.69. The van der Waals surface area contributed by atoms with E-state index in [1.54, 1.807) is 18.8 Å². The summed E-state index contributed by atoms with van der Waals surface area (Å²) < 4.78 is 13.0. The quantitative estimate of drug-likeness (QED) is 0.571. The number of nitrogens with one attached hydrogen (secondary N) is 1. The molecule has 7 heteroatoms. The van der Waals surface area contributed by atoms with Crippen LogP contribution in [0.2, 0.25) is 0 Å². The number of H-pyrrole nitrogens is 1. The normalized spacial score (nSPS) is 17.5. The predicted molar refractivity (Wildman–Crippen MR) is 112 cm³/mol. The molecule has 1 unspecified atom stereocenters. The van der Waals surface area contributed by atoms with Crippen LogP contribution in [-0.2, 0) is 16.0 Å². The van der Waals surface area contributed by atoms with Gasteiger partial charge in [0.2, 0.25) is 6.79 Å². The largest absolute Gasteiger partial charge is 0.462 e. The molecule has 2 aromatic heterocycles. The highest BCUT2D eigenvalue weighted by Crippen LogP contribution is 2.41. The molecule has 2 aliphatic heterocycles. The molecule has 148 valence electrons. The standard InChI is InChI=1S/C23H18N4O3/c28-23-17-3-1-2-4-18(17)25-19-11-27(22(21(19)23)20-12-29-14-30-20)16-7-5-15(6-8-16)26-10-9-24-13-26/h1-10,12-13,22H,11,14H2,(H,25,28). The summed E-state index contributed by atoms with van der Waals surface area (Å²) >= 11 is 0. The Morgan fingerprint density at radius 2 is 1.90 bits per heavy atom. The summed E-state index contributed by atoms with van der Waals surface area (Å²) in [5.41, 5.74) is 4.50. The number of para-hydroxylation sites is 1. The van der Waals surface area contributed by atoms with Gasteiger partial charge >= 0.3 is 0 Å². The van der Waals surface area contributed by atoms with Gasteiger partial charge in [0, 0.05) is 40.4 Å². The van der Waals surface area contributed by atoms with Crippen molar-refractivity contribution < 1.29 is 9.47 Å². The number of nitrogens with zero attached hydrogens (tertiary/aromatic N) is 3. The zero-order chi connectivity index (χ0) is 20.1. The van der Waals surface area contributed by atoms with Crippen LogP contribution >= 0.6 is 0 Å². The molecule has 0 amide bonds. The Bertz CT molecular complexity index is 1320. The summed E-state index contributed by atoms with van der Waals surface area (Å²) in [4.78, 5) is 23.1. The number of fused-ring (bicyclic) bond motifs is 2. The zero-order valence-electron chi connectivity index (χ0n) is 16.0. The molecule has 4 heterocycles. The average Bonchev–Trinajstić information content (AvgIpc) is 3.54. The maximum absolute atomic E-state index is 13.4. The number of ether oxygens (including phenoxy) is 2. The Hall–Kier alpha value is -4.00. The summed E-state index contributed by atoms with van der Waals surface area (Å²) in [6.07, 6.45) is 7.03. The first kappa shape index (κ1) is 16.9. The molecule has 0 aliphatic carbocycles. The molecule has 0 fully saturated rings. The van der Waals surface area contributed by atoms with Crippen LogP contribution < -0.4 is 10.3 Å². The van der Waals surface area contributed by atoms with E-state index < -0.39 is 0 Å². The third kappa shape index (κ3) is 2.52. The minimum absolute atomic E-state index is 0.0262. The van der Waals surface area contributed by atoms with Crippen molar-refractivity contribution >= 4 is 16.6 Å². The molecule has 2 aliphatic rings. The van der Waals surface area contributed by atoms with Gasteiger partial charge in [0.1, 0.15) is 12.3 Å². The zero-order valence-corrected chi connectivity index (χ0v) is 16.0. The monoisotopic (exact) mass is 398 g/mol. The highest BCUT2D eigenvalue weighted by atomic mass is 16.7. The topological polar surface area (TPSA) is 72.4 Å². The maximum Gasteiger partial charge on any atom is 0.229 e. The van der Waals surface area contributed by atoms with Crippen LogP contribution in [0.1, 0.15) is 17.3 Å². The van der Waals surface area contributed by atoms with Gasteiger partial charge in [-0.25, -0.2) is 4.98 Å². The molecule has 0 bridgehead atoms. The van der Waals surface area contributed by atoms with E-state index in [9.17, 15) is 4.79 Å². The van der Waals surface area contributed by atoms with Crippen molar-refractivity contribution in [3.8, 4) is 5.69 Å². The Kier molecular flexibility index (Phi) is 3.67. The van der Waals surface area contributed by atoms with E-state index in [0.717, 1.165) is 22.6 Å². The first-order valence-electron chi connectivity index (χ1n) is 9.73. The van der Waals surface area contributed by atoms with E-state index >= 15 is 0 Å². The second-order valence-corrected chi connectivity index (χ2v) is 7.36. The summed E-state index contributed by atoms with van der Waals surface area (Å²) in [5.74, 6) is 0.646. The first-order chi connectivity index (χ1) is 14.8. The van der Waals surface area contributed by atoms with Crippen LogP contribution in [0.25, 0.3) is 16.6 Å². The van der Waals surface area contributed by atoms with Crippen LogP contribution in [0.4, 0.5) is 5.69 Å². The highest BCUT2D eigenvalue weighted by Gasteiger charge is 2.39. The number of aromatic amines is 1. The number of hydrogen-bond donors (Lipinski definition) is 1. The van der Waals surface area contributed by atoms with Crippen molar-refractivity contribution in [3.63, 3.8) is 0 Å². The molecular formula is C23H18N4O3. The second-order valence-electron chi connectivity index (χ2n) is 7.36. The lowest BCUT2D eigenvalue weighted by Gasteiger charge is -2.26. The molecule has 0 saturated carbocycles. The number of aromatic nitrogens is 3. The molecule has 0 spiro atoms. The van der Waals surface area contributed by atoms with Gasteiger partial charge in [-0.3, -0.25) is 4.79 Å². The molecule has 0 radical (unpaired) electrons. The highest BCUT2D eigenvalue weighted by molar-refractivity contribution is 5.80. The van der Waals surface area contributed by atoms with Gasteiger partial charge in [-0.1, -0.05) is 12.1 Å². The average molecular weight is 398 g/mol. The lowest BCUT2D eigenvalue weighted by atomic mass is 10.0. The minimum atomic E-state index is -0.338. The van der Waals surface area contributed by atoms with Crippen molar-refractivity contribution in [1.82, 2.24) is 14.5 Å². The van der Waals surface area contributed by atoms with Gasteiger partial charge in [0.25, 0.3) is 0 Å². The summed E-state index contributed by atoms with van der Waals surface area (Å²) in [7, 11) is 0. The van der Waals surface area contributed by atoms with Crippen LogP contribution in [0.3, 0.4) is 0 Å². The number of hydrogen-bond acceptors (Lipinski definition) is 5. The molecule has 0 saturated heterocycles. The van der Waals surface area contributed by atoms with Gasteiger partial charge in [0.15, 0.2) is 11.2 Å². The molecule has 4 aromatic rings. The first-order valence-corrected chi connectivity index (χ1v) is 9.73. The number of anilines is 1. The Balaban J connectivity index is 1.48. The lowest BCUT2D eigenvalue weighted by Crippen LogP contribution is -2.26. The lowest BCUT2D eigenvalue weighted by molar-refractivity contribution is 0.0754. The van der Waals surface area contributed by atoms with Crippen molar-refractivity contribution in [2.75, 3.05) is 11.7 Å². The van der Waals surface area contributed by atoms with Gasteiger partial charge in [-0.15, -0.1) is 0 Å². The molecule has 30 heavy (non-hydrogen) atoms. The fraction of sp³-hybridized carbons (Fsp3) is 0.130. The second kappa shape index (κ2) is 6.52. The van der Waals surface area contributed by atoms with Crippen molar-refractivity contribution in [1.29, 1.82) is 0 Å². The molecule has 7 nitrogen and oxygen atoms in total. The van der Waals surface area contributed by atoms with Crippen LogP contribution in [0.5, 0.6) is 0 Å². The van der Waals surface area contributed by atoms with E-state index in [4.69, 9.17) is 9.47 Å². The maximum atomic E-state index is 13.4. The Morgan fingerprint density at radius 1 is 1.07 bits per heavy atom. The van der Waals surface area contributed by atoms with Gasteiger partial charge in [-0.05, 0) is 36.4 Å². The number of rotatable bonds is 3. The summed E-state index contributed by atoms with van der Waals surface area (Å²) in [6.45, 7) is 0.741. The Labute approximate surface area is 171 Å². The van der Waals surface area contributed by atoms with Gasteiger partial charge in [-0.2, -0.15) is 0 Å². The molecular weight excluding hydrogens is 380 g/mol. The van der Waals surface area contributed by atoms with Crippen LogP contribution in [-0.4, -0.2) is 21.3 Å². The number of benzene rings is 2. The van der Waals surface area contributed by atoms with E-state index in [2.05, 4.69) is 27.0 Å². The van der Waals surface area contributed by atoms with E-state index in [0.29, 0.717) is 23.3 Å². The van der Waals surface area contributed by atoms with Crippen molar-refractivity contribution in [2.24, 2.45) is 0 Å². The SMILES string of the molecule is O=c1c2c([nH]c3ccccc13)CN(c1ccc(-n3ccnc3)cc1)C2C1=COCO1. The summed E-state index contributed by atoms with van der Waals surface area (Å²) in [5, 5.41) is 0.679. The fourth-order valence-electron chi connectivity index (χ4n) is 4.29. The molecule has 1 atom stereocenters. The van der Waals surface area contributed by atoms with Gasteiger partial charge in [0.05, 0.1) is 18.4 Å². The van der Waals surface area contributed by atoms with Crippen molar-refractivity contribution in [3.05, 3.63) is 101 Å². The van der Waals surface area contributed by atoms with Crippen LogP contribution in [0.15, 0.2) is 84.1 Å². The molecule has 6 rings (SSSR count). The van der Waals surface area contributed by atoms with E-state index in [-0.39, 0.29) is 18.3 Å². The minimum Gasteiger partial charge on any atom is -0.462 e. The number of pyridine rings is 1. The van der Waals surface area contributed by atoms with Crippen LogP contribution in [0, 0.1) is 0 Å². The van der Waals surface area contributed by atoms with Crippen molar-refractivity contribution in [2.45, 2.75) is 12.6 Å². The molecule has 1 N–H and O–H groups in total. The Morgan fingerprint density at radius 3 is 2.67 bits per heavy atom. The van der Waals surface area contributed by atoms with E-state index in [1.165, 1.54) is 0 Å². The fourth-order valence-corrected chi connectivity index (χ4v) is 4.29. The molecule has 2 aromatic carbocycles. The van der Waals surface area contributed by atoms with E-state index in [1.807, 2.05) is 47.2 Å². The number of imidazole rings is 1. The summed E-state index contributed by atoms with van der Waals surface area (Å²) in [6, 6.07) is 15.4. The van der Waals surface area contributed by atoms with Gasteiger partial charge < -0.3 is 23.9 Å². The smallest absolute Gasteiger partial charge is 0.229 e. The predicted octanol–water partition coefficient (Wildman–Crippen LogP) is 3.62.